The molecule has 0 fully saturated rings. The first-order chi connectivity index (χ1) is 21.5. The van der Waals surface area contributed by atoms with Crippen LogP contribution in [0.4, 0.5) is 0 Å². The largest absolute Gasteiger partial charge is 0.488 e. The second-order valence-corrected chi connectivity index (χ2v) is 11.0. The van der Waals surface area contributed by atoms with E-state index in [4.69, 9.17) is 14.0 Å². The highest BCUT2D eigenvalue weighted by Gasteiger charge is 2.21. The summed E-state index contributed by atoms with van der Waals surface area (Å²) >= 11 is 0. The molecule has 1 heterocycles. The van der Waals surface area contributed by atoms with Crippen LogP contribution in [0.2, 0.25) is 0 Å². The quantitative estimate of drug-likeness (QED) is 0.141. The number of rotatable bonds is 13. The second-order valence-electron chi connectivity index (χ2n) is 11.0. The van der Waals surface area contributed by atoms with Crippen molar-refractivity contribution in [3.63, 3.8) is 0 Å². The van der Waals surface area contributed by atoms with Gasteiger partial charge in [0.1, 0.15) is 31.0 Å². The molecule has 0 aliphatic heterocycles. The number of aromatic nitrogens is 1. The highest BCUT2D eigenvalue weighted by molar-refractivity contribution is 6.00. The lowest BCUT2D eigenvalue weighted by Gasteiger charge is -2.20. The van der Waals surface area contributed by atoms with Crippen LogP contribution in [0.1, 0.15) is 58.3 Å². The van der Waals surface area contributed by atoms with Crippen LogP contribution in [0.3, 0.4) is 0 Å². The van der Waals surface area contributed by atoms with E-state index in [-0.39, 0.29) is 11.6 Å². The topological polar surface area (TPSA) is 90.7 Å². The summed E-state index contributed by atoms with van der Waals surface area (Å²) in [5, 5.41) is 6.72. The lowest BCUT2D eigenvalue weighted by Crippen LogP contribution is -2.23. The maximum Gasteiger partial charge on any atom is 0.274 e. The highest BCUT2D eigenvalue weighted by Crippen LogP contribution is 2.41. The first kappa shape index (κ1) is 30.3. The van der Waals surface area contributed by atoms with Crippen molar-refractivity contribution in [3.05, 3.63) is 125 Å². The van der Waals surface area contributed by atoms with Crippen LogP contribution >= 0.6 is 0 Å². The molecule has 0 unspecified atom stereocenters. The van der Waals surface area contributed by atoms with Crippen molar-refractivity contribution < 1.29 is 23.6 Å². The van der Waals surface area contributed by atoms with Crippen LogP contribution in [-0.2, 0) is 19.6 Å². The van der Waals surface area contributed by atoms with Gasteiger partial charge in [0, 0.05) is 23.7 Å². The maximum atomic E-state index is 12.7. The Morgan fingerprint density at radius 1 is 0.841 bits per heavy atom. The van der Waals surface area contributed by atoms with Gasteiger partial charge in [-0.25, -0.2) is 0 Å². The zero-order valence-electron chi connectivity index (χ0n) is 25.2. The van der Waals surface area contributed by atoms with Gasteiger partial charge in [-0.15, -0.1) is 0 Å². The van der Waals surface area contributed by atoms with Gasteiger partial charge in [-0.1, -0.05) is 91.8 Å². The van der Waals surface area contributed by atoms with Gasteiger partial charge in [0.15, 0.2) is 12.0 Å². The Morgan fingerprint density at radius 3 is 2.11 bits per heavy atom. The molecule has 224 valence electrons. The van der Waals surface area contributed by atoms with Gasteiger partial charge >= 0.3 is 0 Å². The molecule has 0 aliphatic rings. The summed E-state index contributed by atoms with van der Waals surface area (Å²) in [5.74, 6) is 1.34. The van der Waals surface area contributed by atoms with Crippen molar-refractivity contribution in [1.82, 2.24) is 10.5 Å². The Morgan fingerprint density at radius 2 is 1.50 bits per heavy atom. The molecule has 7 heteroatoms. The first-order valence-electron chi connectivity index (χ1n) is 14.8. The summed E-state index contributed by atoms with van der Waals surface area (Å²) < 4.78 is 18.1. The average Bonchev–Trinajstić information content (AvgIpc) is 3.54. The van der Waals surface area contributed by atoms with Gasteiger partial charge in [-0.2, -0.15) is 0 Å². The maximum absolute atomic E-state index is 12.7. The van der Waals surface area contributed by atoms with E-state index >= 15 is 0 Å². The molecule has 0 spiro atoms. The van der Waals surface area contributed by atoms with Gasteiger partial charge in [0.2, 0.25) is 0 Å². The number of benzene rings is 4. The monoisotopic (exact) mass is 588 g/mol. The van der Waals surface area contributed by atoms with Gasteiger partial charge in [-0.3, -0.25) is 9.59 Å². The number of nitrogens with zero attached hydrogens (tertiary/aromatic N) is 1. The number of hydrogen-bond donors (Lipinski definition) is 1. The van der Waals surface area contributed by atoms with Crippen LogP contribution in [0, 0.1) is 5.92 Å². The second kappa shape index (κ2) is 14.3. The first-order valence-corrected chi connectivity index (χ1v) is 14.8. The lowest BCUT2D eigenvalue weighted by molar-refractivity contribution is 0.0947. The summed E-state index contributed by atoms with van der Waals surface area (Å²) in [6.07, 6.45) is 3.04. The van der Waals surface area contributed by atoms with Crippen molar-refractivity contribution in [2.75, 3.05) is 6.54 Å². The molecule has 0 atom stereocenters. The Balaban J connectivity index is 1.63. The molecule has 0 radical (unpaired) electrons. The predicted octanol–water partition coefficient (Wildman–Crippen LogP) is 7.93. The van der Waals surface area contributed by atoms with E-state index in [1.807, 2.05) is 79.7 Å². The third-order valence-electron chi connectivity index (χ3n) is 7.17. The van der Waals surface area contributed by atoms with Crippen molar-refractivity contribution in [2.45, 2.75) is 40.4 Å². The summed E-state index contributed by atoms with van der Waals surface area (Å²) in [6, 6.07) is 29.4. The van der Waals surface area contributed by atoms with Gasteiger partial charge < -0.3 is 19.3 Å². The zero-order chi connectivity index (χ0) is 30.9. The summed E-state index contributed by atoms with van der Waals surface area (Å²) in [5.41, 5.74) is 6.40. The summed E-state index contributed by atoms with van der Waals surface area (Å²) in [6.45, 7) is 7.36. The Bertz CT molecular complexity index is 1710. The number of ether oxygens (including phenoxy) is 2. The molecule has 0 saturated carbocycles. The van der Waals surface area contributed by atoms with E-state index in [1.165, 1.54) is 6.26 Å². The highest BCUT2D eigenvalue weighted by atomic mass is 16.5. The third kappa shape index (κ3) is 7.24. The molecule has 0 aliphatic carbocycles. The van der Waals surface area contributed by atoms with Crippen LogP contribution in [0.25, 0.3) is 22.3 Å². The minimum atomic E-state index is -0.330. The van der Waals surface area contributed by atoms with Crippen molar-refractivity contribution >= 4 is 12.2 Å². The SMILES string of the molecule is CCNC(=O)c1nocc1-c1ccc(C=O)c(-c2cc(CC(C)C)c(OCc3ccccc3)cc2OCc2ccccc2)c1. The molecule has 7 nitrogen and oxygen atoms in total. The van der Waals surface area contributed by atoms with Crippen LogP contribution in [0.5, 0.6) is 11.5 Å². The molecule has 44 heavy (non-hydrogen) atoms. The van der Waals surface area contributed by atoms with E-state index in [1.54, 1.807) is 12.1 Å². The number of nitrogens with one attached hydrogen (secondary N) is 1. The summed E-state index contributed by atoms with van der Waals surface area (Å²) in [4.78, 5) is 25.1. The molecule has 5 aromatic rings. The zero-order valence-corrected chi connectivity index (χ0v) is 25.2. The normalized spacial score (nSPS) is 10.9. The lowest BCUT2D eigenvalue weighted by atomic mass is 9.91. The minimum Gasteiger partial charge on any atom is -0.488 e. The standard InChI is InChI=1S/C37H36N2O5/c1-4-38-37(41)36-33(24-44-39-36)28-15-16-29(21-40)31(18-28)32-19-30(17-25(2)3)34(42-22-26-11-7-5-8-12-26)20-35(32)43-23-27-13-9-6-10-14-27/h5-16,18-21,24-25H,4,17,22-23H2,1-3H3,(H,38,41). The molecule has 0 saturated heterocycles. The number of carbonyl (C=O) groups is 2. The fraction of sp³-hybridized carbons (Fsp3) is 0.216. The van der Waals surface area contributed by atoms with Gasteiger partial charge in [0.05, 0.1) is 5.56 Å². The van der Waals surface area contributed by atoms with E-state index in [2.05, 4.69) is 30.4 Å². The number of aldehydes is 1. The summed E-state index contributed by atoms with van der Waals surface area (Å²) in [7, 11) is 0. The van der Waals surface area contributed by atoms with Crippen molar-refractivity contribution in [3.8, 4) is 33.8 Å². The van der Waals surface area contributed by atoms with Crippen LogP contribution in [-0.4, -0.2) is 23.9 Å². The number of amides is 1. The van der Waals surface area contributed by atoms with Crippen molar-refractivity contribution in [1.29, 1.82) is 0 Å². The van der Waals surface area contributed by atoms with E-state index in [0.29, 0.717) is 53.7 Å². The molecule has 1 aromatic heterocycles. The minimum absolute atomic E-state index is 0.183. The van der Waals surface area contributed by atoms with Crippen LogP contribution < -0.4 is 14.8 Å². The number of hydrogen-bond acceptors (Lipinski definition) is 6. The number of carbonyl (C=O) groups excluding carboxylic acids is 2. The fourth-order valence-electron chi connectivity index (χ4n) is 5.05. The smallest absolute Gasteiger partial charge is 0.274 e. The van der Waals surface area contributed by atoms with Gasteiger partial charge in [0.25, 0.3) is 5.91 Å². The van der Waals surface area contributed by atoms with Gasteiger partial charge in [-0.05, 0) is 59.2 Å². The van der Waals surface area contributed by atoms with E-state index < -0.39 is 0 Å². The Labute approximate surface area is 257 Å². The average molecular weight is 589 g/mol. The molecule has 4 aromatic carbocycles. The third-order valence-corrected chi connectivity index (χ3v) is 7.17. The van der Waals surface area contributed by atoms with Crippen molar-refractivity contribution in [2.24, 2.45) is 5.92 Å². The molecule has 0 bridgehead atoms. The molecule has 1 amide bonds. The molecular formula is C37H36N2O5. The Hall–Kier alpha value is -5.17. The molecule has 5 rings (SSSR count). The van der Waals surface area contributed by atoms with Crippen LogP contribution in [0.15, 0.2) is 102 Å². The molecular weight excluding hydrogens is 552 g/mol. The predicted molar refractivity (Wildman–Crippen MR) is 171 cm³/mol. The Kier molecular flexibility index (Phi) is 9.87. The molecule has 1 N–H and O–H groups in total. The van der Waals surface area contributed by atoms with E-state index in [0.717, 1.165) is 40.7 Å². The fourth-order valence-corrected chi connectivity index (χ4v) is 5.05. The van der Waals surface area contributed by atoms with E-state index in [9.17, 15) is 9.59 Å².